The lowest BCUT2D eigenvalue weighted by Crippen LogP contribution is -2.23. The molecule has 1 aliphatic carbocycles. The smallest absolute Gasteiger partial charge is 0.0591 e. The van der Waals surface area contributed by atoms with Gasteiger partial charge in [0, 0.05) is 24.1 Å². The van der Waals surface area contributed by atoms with E-state index in [2.05, 4.69) is 29.8 Å². The maximum absolute atomic E-state index is 5.57. The summed E-state index contributed by atoms with van der Waals surface area (Å²) in [5.74, 6) is 0.875. The maximum Gasteiger partial charge on any atom is 0.0591 e. The highest BCUT2D eigenvalue weighted by Gasteiger charge is 2.20. The van der Waals surface area contributed by atoms with Gasteiger partial charge < -0.3 is 10.1 Å². The zero-order valence-corrected chi connectivity index (χ0v) is 10.1. The molecule has 1 aromatic heterocycles. The van der Waals surface area contributed by atoms with Gasteiger partial charge in [0.1, 0.15) is 0 Å². The summed E-state index contributed by atoms with van der Waals surface area (Å²) < 4.78 is 5.57. The Morgan fingerprint density at radius 3 is 3.13 bits per heavy atom. The van der Waals surface area contributed by atoms with Gasteiger partial charge in [-0.25, -0.2) is 0 Å². The van der Waals surface area contributed by atoms with Gasteiger partial charge in [-0.05, 0) is 37.1 Å². The van der Waals surface area contributed by atoms with E-state index in [1.807, 2.05) is 0 Å². The molecule has 2 rings (SSSR count). The van der Waals surface area contributed by atoms with Crippen LogP contribution in [0.2, 0.25) is 0 Å². The van der Waals surface area contributed by atoms with Crippen molar-refractivity contribution < 1.29 is 4.74 Å². The highest BCUT2D eigenvalue weighted by atomic mass is 32.1. The summed E-state index contributed by atoms with van der Waals surface area (Å²) in [7, 11) is 0. The van der Waals surface area contributed by atoms with E-state index in [4.69, 9.17) is 4.74 Å². The maximum atomic E-state index is 5.57. The van der Waals surface area contributed by atoms with Gasteiger partial charge in [0.2, 0.25) is 0 Å². The van der Waals surface area contributed by atoms with Crippen LogP contribution < -0.4 is 5.32 Å². The van der Waals surface area contributed by atoms with Crippen LogP contribution in [0.1, 0.15) is 30.7 Å². The molecule has 1 unspecified atom stereocenters. The summed E-state index contributed by atoms with van der Waals surface area (Å²) in [4.78, 5) is 1.40. The van der Waals surface area contributed by atoms with Crippen LogP contribution in [0.25, 0.3) is 0 Å². The van der Waals surface area contributed by atoms with E-state index in [1.165, 1.54) is 17.7 Å². The molecule has 1 heterocycles. The van der Waals surface area contributed by atoms with Crippen LogP contribution in [0.15, 0.2) is 17.5 Å². The Hall–Kier alpha value is -0.380. The molecule has 1 aliphatic rings. The Balaban J connectivity index is 1.53. The van der Waals surface area contributed by atoms with Crippen LogP contribution >= 0.6 is 11.3 Å². The molecule has 0 radical (unpaired) electrons. The minimum atomic E-state index is 0.453. The molecule has 0 saturated heterocycles. The van der Waals surface area contributed by atoms with Crippen LogP contribution in [0.4, 0.5) is 0 Å². The summed E-state index contributed by atoms with van der Waals surface area (Å²) in [5, 5.41) is 5.59. The summed E-state index contributed by atoms with van der Waals surface area (Å²) in [5.41, 5.74) is 0. The Kier molecular flexibility index (Phi) is 4.18. The summed E-state index contributed by atoms with van der Waals surface area (Å²) >= 11 is 1.81. The Morgan fingerprint density at radius 2 is 2.47 bits per heavy atom. The molecule has 2 nitrogen and oxygen atoms in total. The monoisotopic (exact) mass is 225 g/mol. The number of nitrogens with one attached hydrogen (secondary N) is 1. The number of ether oxygens (including phenoxy) is 1. The molecule has 0 bridgehead atoms. The lowest BCUT2D eigenvalue weighted by atomic mass is 10.3. The minimum absolute atomic E-state index is 0.453. The standard InChI is InChI=1S/C12H19NOS/c1-10(12-3-2-8-15-12)13-6-7-14-9-11-4-5-11/h2-3,8,10-11,13H,4-7,9H2,1H3. The first-order chi connectivity index (χ1) is 7.36. The van der Waals surface area contributed by atoms with Crippen LogP contribution in [-0.2, 0) is 4.74 Å². The molecule has 1 atom stereocenters. The molecule has 0 amide bonds. The van der Waals surface area contributed by atoms with Crippen molar-refractivity contribution in [1.82, 2.24) is 5.32 Å². The van der Waals surface area contributed by atoms with Crippen molar-refractivity contribution in [3.05, 3.63) is 22.4 Å². The molecular weight excluding hydrogens is 206 g/mol. The van der Waals surface area contributed by atoms with Gasteiger partial charge in [-0.3, -0.25) is 0 Å². The average molecular weight is 225 g/mol. The first kappa shape index (κ1) is 11.1. The van der Waals surface area contributed by atoms with E-state index in [9.17, 15) is 0 Å². The Bertz CT molecular complexity index is 269. The van der Waals surface area contributed by atoms with Gasteiger partial charge in [-0.1, -0.05) is 6.07 Å². The van der Waals surface area contributed by atoms with E-state index in [0.29, 0.717) is 6.04 Å². The van der Waals surface area contributed by atoms with Crippen molar-refractivity contribution in [2.45, 2.75) is 25.8 Å². The fourth-order valence-electron chi connectivity index (χ4n) is 1.52. The van der Waals surface area contributed by atoms with Gasteiger partial charge in [0.25, 0.3) is 0 Å². The molecule has 1 fully saturated rings. The topological polar surface area (TPSA) is 21.3 Å². The van der Waals surface area contributed by atoms with Gasteiger partial charge in [0.05, 0.1) is 6.61 Å². The third kappa shape index (κ3) is 3.93. The van der Waals surface area contributed by atoms with E-state index in [1.54, 1.807) is 11.3 Å². The molecule has 0 spiro atoms. The van der Waals surface area contributed by atoms with Crippen molar-refractivity contribution in [3.8, 4) is 0 Å². The predicted molar refractivity (Wildman–Crippen MR) is 64.3 cm³/mol. The summed E-state index contributed by atoms with van der Waals surface area (Å²) in [6.07, 6.45) is 2.75. The van der Waals surface area contributed by atoms with E-state index < -0.39 is 0 Å². The molecule has 15 heavy (non-hydrogen) atoms. The van der Waals surface area contributed by atoms with E-state index in [-0.39, 0.29) is 0 Å². The third-order valence-electron chi connectivity index (χ3n) is 2.72. The van der Waals surface area contributed by atoms with E-state index >= 15 is 0 Å². The molecule has 1 N–H and O–H groups in total. The van der Waals surface area contributed by atoms with Crippen molar-refractivity contribution in [2.24, 2.45) is 5.92 Å². The largest absolute Gasteiger partial charge is 0.380 e. The van der Waals surface area contributed by atoms with Gasteiger partial charge in [0.15, 0.2) is 0 Å². The second-order valence-corrected chi connectivity index (χ2v) is 5.19. The number of hydrogen-bond acceptors (Lipinski definition) is 3. The van der Waals surface area contributed by atoms with Crippen LogP contribution in [-0.4, -0.2) is 19.8 Å². The van der Waals surface area contributed by atoms with Crippen LogP contribution in [0.3, 0.4) is 0 Å². The first-order valence-corrected chi connectivity index (χ1v) is 6.59. The molecule has 1 aromatic rings. The first-order valence-electron chi connectivity index (χ1n) is 5.71. The molecule has 84 valence electrons. The second-order valence-electron chi connectivity index (χ2n) is 4.21. The zero-order chi connectivity index (χ0) is 10.5. The van der Waals surface area contributed by atoms with Gasteiger partial charge in [-0.2, -0.15) is 0 Å². The molecular formula is C12H19NOS. The fourth-order valence-corrected chi connectivity index (χ4v) is 2.28. The number of thiophene rings is 1. The molecule has 0 aliphatic heterocycles. The van der Waals surface area contributed by atoms with Gasteiger partial charge in [-0.15, -0.1) is 11.3 Å². The fraction of sp³-hybridized carbons (Fsp3) is 0.667. The molecule has 1 saturated carbocycles. The highest BCUT2D eigenvalue weighted by Crippen LogP contribution is 2.28. The SMILES string of the molecule is CC(NCCOCC1CC1)c1cccs1. The quantitative estimate of drug-likeness (QED) is 0.720. The van der Waals surface area contributed by atoms with Crippen LogP contribution in [0.5, 0.6) is 0 Å². The normalized spacial score (nSPS) is 17.9. The zero-order valence-electron chi connectivity index (χ0n) is 9.24. The van der Waals surface area contributed by atoms with E-state index in [0.717, 1.165) is 25.7 Å². The minimum Gasteiger partial charge on any atom is -0.380 e. The third-order valence-corrected chi connectivity index (χ3v) is 3.77. The second kappa shape index (κ2) is 5.64. The predicted octanol–water partition coefficient (Wildman–Crippen LogP) is 2.83. The lowest BCUT2D eigenvalue weighted by Gasteiger charge is -2.11. The summed E-state index contributed by atoms with van der Waals surface area (Å²) in [6.45, 7) is 4.96. The average Bonchev–Trinajstić information content (AvgIpc) is 2.90. The lowest BCUT2D eigenvalue weighted by molar-refractivity contribution is 0.124. The van der Waals surface area contributed by atoms with Crippen molar-refractivity contribution in [2.75, 3.05) is 19.8 Å². The van der Waals surface area contributed by atoms with Crippen LogP contribution in [0, 0.1) is 5.92 Å². The van der Waals surface area contributed by atoms with Crippen molar-refractivity contribution in [1.29, 1.82) is 0 Å². The molecule has 3 heteroatoms. The summed E-state index contributed by atoms with van der Waals surface area (Å²) in [6, 6.07) is 4.73. The Morgan fingerprint density at radius 1 is 1.60 bits per heavy atom. The van der Waals surface area contributed by atoms with Gasteiger partial charge >= 0.3 is 0 Å². The number of hydrogen-bond donors (Lipinski definition) is 1. The molecule has 0 aromatic carbocycles. The van der Waals surface area contributed by atoms with Crippen molar-refractivity contribution in [3.63, 3.8) is 0 Å². The Labute approximate surface area is 95.6 Å². The number of rotatable bonds is 7. The highest BCUT2D eigenvalue weighted by molar-refractivity contribution is 7.10. The van der Waals surface area contributed by atoms with Crippen molar-refractivity contribution >= 4 is 11.3 Å².